The molecule has 4 rings (SSSR count). The topological polar surface area (TPSA) is 84.9 Å². The monoisotopic (exact) mass is 445 g/mol. The quantitative estimate of drug-likeness (QED) is 0.486. The molecule has 0 radical (unpaired) electrons. The molecule has 2 atom stereocenters. The molecule has 3 aromatic carbocycles. The fourth-order valence-corrected chi connectivity index (χ4v) is 4.23. The van der Waals surface area contributed by atoms with Gasteiger partial charge in [0.2, 0.25) is 0 Å². The standard InChI is InChI=1S/C27H27NO5/c1-18(32-16-19-9-3-2-4-10-19)25(15-26(29)30)28-27(31)33-17-24-22-13-7-5-11-20(22)21-12-6-8-14-23(21)24/h2-14,18,24-25H,15-17H2,1H3,(H,28,31)(H,29,30)/t18-,25-/m0/s1. The first-order valence-electron chi connectivity index (χ1n) is 11.0. The molecule has 0 heterocycles. The molecule has 1 amide bonds. The van der Waals surface area contributed by atoms with Crippen LogP contribution in [0.1, 0.15) is 36.0 Å². The molecule has 0 saturated carbocycles. The van der Waals surface area contributed by atoms with Crippen molar-refractivity contribution in [1.82, 2.24) is 5.32 Å². The Bertz CT molecular complexity index is 1070. The van der Waals surface area contributed by atoms with E-state index in [1.807, 2.05) is 66.7 Å². The molecule has 0 aliphatic heterocycles. The largest absolute Gasteiger partial charge is 0.481 e. The SMILES string of the molecule is C[C@H](OCc1ccccc1)[C@H](CC(=O)O)NC(=O)OCC1c2ccccc2-c2ccccc21. The molecule has 3 aromatic rings. The highest BCUT2D eigenvalue weighted by Crippen LogP contribution is 2.44. The van der Waals surface area contributed by atoms with Crippen LogP contribution in [0.15, 0.2) is 78.9 Å². The Kier molecular flexibility index (Phi) is 7.05. The number of ether oxygens (including phenoxy) is 2. The zero-order chi connectivity index (χ0) is 23.2. The number of nitrogens with one attached hydrogen (secondary N) is 1. The molecule has 6 heteroatoms. The van der Waals surface area contributed by atoms with Crippen molar-refractivity contribution in [3.8, 4) is 11.1 Å². The van der Waals surface area contributed by atoms with Gasteiger partial charge in [0, 0.05) is 5.92 Å². The third-order valence-corrected chi connectivity index (χ3v) is 5.96. The van der Waals surface area contributed by atoms with E-state index in [1.54, 1.807) is 6.92 Å². The fraction of sp³-hybridized carbons (Fsp3) is 0.259. The zero-order valence-corrected chi connectivity index (χ0v) is 18.4. The van der Waals surface area contributed by atoms with Crippen LogP contribution in [0.2, 0.25) is 0 Å². The molecular weight excluding hydrogens is 418 g/mol. The van der Waals surface area contributed by atoms with Gasteiger partial charge in [0.25, 0.3) is 0 Å². The van der Waals surface area contributed by atoms with Crippen LogP contribution in [0.3, 0.4) is 0 Å². The Labute approximate surface area is 193 Å². The molecule has 0 unspecified atom stereocenters. The first-order valence-corrected chi connectivity index (χ1v) is 11.0. The van der Waals surface area contributed by atoms with Gasteiger partial charge in [-0.05, 0) is 34.7 Å². The summed E-state index contributed by atoms with van der Waals surface area (Å²) in [4.78, 5) is 24.0. The number of amides is 1. The maximum absolute atomic E-state index is 12.6. The summed E-state index contributed by atoms with van der Waals surface area (Å²) < 4.78 is 11.4. The van der Waals surface area contributed by atoms with Crippen LogP contribution >= 0.6 is 0 Å². The Morgan fingerprint density at radius 1 is 0.909 bits per heavy atom. The Hall–Kier alpha value is -3.64. The number of hydrogen-bond acceptors (Lipinski definition) is 4. The van der Waals surface area contributed by atoms with Gasteiger partial charge in [-0.25, -0.2) is 4.79 Å². The number of benzene rings is 3. The predicted molar refractivity (Wildman–Crippen MR) is 125 cm³/mol. The van der Waals surface area contributed by atoms with Crippen LogP contribution in [0.5, 0.6) is 0 Å². The van der Waals surface area contributed by atoms with Gasteiger partial charge in [0.15, 0.2) is 0 Å². The molecule has 0 spiro atoms. The summed E-state index contributed by atoms with van der Waals surface area (Å²) >= 11 is 0. The predicted octanol–water partition coefficient (Wildman–Crippen LogP) is 4.97. The summed E-state index contributed by atoms with van der Waals surface area (Å²) in [6.07, 6.45) is -1.43. The normalized spacial score (nSPS) is 14.1. The lowest BCUT2D eigenvalue weighted by Gasteiger charge is -2.24. The Balaban J connectivity index is 1.38. The van der Waals surface area contributed by atoms with Crippen molar-refractivity contribution in [1.29, 1.82) is 0 Å². The van der Waals surface area contributed by atoms with E-state index in [9.17, 15) is 14.7 Å². The van der Waals surface area contributed by atoms with E-state index < -0.39 is 24.2 Å². The number of fused-ring (bicyclic) bond motifs is 3. The van der Waals surface area contributed by atoms with Crippen molar-refractivity contribution in [3.63, 3.8) is 0 Å². The second-order valence-corrected chi connectivity index (χ2v) is 8.18. The average molecular weight is 446 g/mol. The van der Waals surface area contributed by atoms with Crippen LogP contribution in [0.25, 0.3) is 11.1 Å². The molecule has 33 heavy (non-hydrogen) atoms. The van der Waals surface area contributed by atoms with E-state index in [0.29, 0.717) is 6.61 Å². The summed E-state index contributed by atoms with van der Waals surface area (Å²) in [5.41, 5.74) is 5.50. The van der Waals surface area contributed by atoms with Gasteiger partial charge in [0.05, 0.1) is 25.2 Å². The maximum Gasteiger partial charge on any atom is 0.407 e. The van der Waals surface area contributed by atoms with Crippen molar-refractivity contribution in [2.45, 2.75) is 38.0 Å². The van der Waals surface area contributed by atoms with Gasteiger partial charge >= 0.3 is 12.1 Å². The minimum absolute atomic E-state index is 0.0622. The molecule has 0 bridgehead atoms. The van der Waals surface area contributed by atoms with Gasteiger partial charge < -0.3 is 19.9 Å². The number of carboxylic acid groups (broad SMARTS) is 1. The van der Waals surface area contributed by atoms with E-state index in [0.717, 1.165) is 27.8 Å². The summed E-state index contributed by atoms with van der Waals surface area (Å²) in [5.74, 6) is -1.08. The van der Waals surface area contributed by atoms with E-state index in [-0.39, 0.29) is 18.9 Å². The van der Waals surface area contributed by atoms with Gasteiger partial charge in [-0.15, -0.1) is 0 Å². The summed E-state index contributed by atoms with van der Waals surface area (Å²) in [7, 11) is 0. The molecule has 1 aliphatic carbocycles. The Morgan fingerprint density at radius 2 is 1.48 bits per heavy atom. The van der Waals surface area contributed by atoms with Crippen molar-refractivity contribution >= 4 is 12.1 Å². The van der Waals surface area contributed by atoms with E-state index >= 15 is 0 Å². The lowest BCUT2D eigenvalue weighted by molar-refractivity contribution is -0.138. The first kappa shape index (κ1) is 22.6. The van der Waals surface area contributed by atoms with Gasteiger partial charge in [0.1, 0.15) is 6.61 Å². The average Bonchev–Trinajstić information content (AvgIpc) is 3.15. The van der Waals surface area contributed by atoms with Gasteiger partial charge in [-0.1, -0.05) is 78.9 Å². The maximum atomic E-state index is 12.6. The van der Waals surface area contributed by atoms with Crippen molar-refractivity contribution in [2.24, 2.45) is 0 Å². The number of hydrogen-bond donors (Lipinski definition) is 2. The third kappa shape index (κ3) is 5.41. The number of carboxylic acids is 1. The lowest BCUT2D eigenvalue weighted by Crippen LogP contribution is -2.45. The number of rotatable bonds is 9. The zero-order valence-electron chi connectivity index (χ0n) is 18.4. The van der Waals surface area contributed by atoms with Gasteiger partial charge in [-0.2, -0.15) is 0 Å². The fourth-order valence-electron chi connectivity index (χ4n) is 4.23. The van der Waals surface area contributed by atoms with Crippen molar-refractivity contribution < 1.29 is 24.2 Å². The molecule has 0 fully saturated rings. The molecule has 170 valence electrons. The first-order chi connectivity index (χ1) is 16.0. The highest BCUT2D eigenvalue weighted by atomic mass is 16.5. The van der Waals surface area contributed by atoms with E-state index in [2.05, 4.69) is 17.4 Å². The van der Waals surface area contributed by atoms with Crippen molar-refractivity contribution in [2.75, 3.05) is 6.61 Å². The second-order valence-electron chi connectivity index (χ2n) is 8.18. The highest BCUT2D eigenvalue weighted by Gasteiger charge is 2.30. The summed E-state index contributed by atoms with van der Waals surface area (Å²) in [6.45, 7) is 2.24. The molecular formula is C27H27NO5. The van der Waals surface area contributed by atoms with Crippen LogP contribution in [-0.2, 0) is 20.9 Å². The minimum Gasteiger partial charge on any atom is -0.481 e. The van der Waals surface area contributed by atoms with E-state index in [4.69, 9.17) is 9.47 Å². The molecule has 0 saturated heterocycles. The van der Waals surface area contributed by atoms with Crippen LogP contribution in [-0.4, -0.2) is 35.9 Å². The second kappa shape index (κ2) is 10.3. The van der Waals surface area contributed by atoms with Crippen LogP contribution in [0, 0.1) is 0 Å². The van der Waals surface area contributed by atoms with Gasteiger partial charge in [-0.3, -0.25) is 4.79 Å². The lowest BCUT2D eigenvalue weighted by atomic mass is 9.98. The number of aliphatic carboxylic acids is 1. The van der Waals surface area contributed by atoms with E-state index in [1.165, 1.54) is 0 Å². The Morgan fingerprint density at radius 3 is 2.09 bits per heavy atom. The molecule has 1 aliphatic rings. The number of carbonyl (C=O) groups is 2. The molecule has 0 aromatic heterocycles. The summed E-state index contributed by atoms with van der Waals surface area (Å²) in [6, 6.07) is 25.1. The third-order valence-electron chi connectivity index (χ3n) is 5.96. The molecule has 6 nitrogen and oxygen atoms in total. The highest BCUT2D eigenvalue weighted by molar-refractivity contribution is 5.79. The van der Waals surface area contributed by atoms with Crippen LogP contribution in [0.4, 0.5) is 4.79 Å². The molecule has 2 N–H and O–H groups in total. The number of alkyl carbamates (subject to hydrolysis) is 1. The smallest absolute Gasteiger partial charge is 0.407 e. The van der Waals surface area contributed by atoms with Crippen molar-refractivity contribution in [3.05, 3.63) is 95.6 Å². The minimum atomic E-state index is -1.02. The van der Waals surface area contributed by atoms with Crippen LogP contribution < -0.4 is 5.32 Å². The number of carbonyl (C=O) groups excluding carboxylic acids is 1. The summed E-state index contributed by atoms with van der Waals surface area (Å²) in [5, 5.41) is 12.0.